The molecule has 0 spiro atoms. The molecule has 1 heterocycles. The Morgan fingerprint density at radius 3 is 2.52 bits per heavy atom. The number of para-hydroxylation sites is 1. The van der Waals surface area contributed by atoms with Crippen molar-refractivity contribution in [2.24, 2.45) is 0 Å². The zero-order valence-electron chi connectivity index (χ0n) is 14.8. The summed E-state index contributed by atoms with van der Waals surface area (Å²) in [5.74, 6) is -0.429. The van der Waals surface area contributed by atoms with Crippen LogP contribution in [0.1, 0.15) is 5.56 Å². The summed E-state index contributed by atoms with van der Waals surface area (Å²) in [6.07, 6.45) is 1.94. The summed E-state index contributed by atoms with van der Waals surface area (Å²) >= 11 is 0. The van der Waals surface area contributed by atoms with Gasteiger partial charge in [0.25, 0.3) is 5.91 Å². The number of hydrogen-bond donors (Lipinski definition) is 3. The lowest BCUT2D eigenvalue weighted by atomic mass is 10.1. The number of amides is 1. The molecule has 1 amide bonds. The SMILES string of the molecule is COc1ccc(OCC(=O)N[C@@H](Cc2c[nH]c3ccccc23)C(=O)O)cc1. The Labute approximate surface area is 155 Å². The fourth-order valence-electron chi connectivity index (χ4n) is 2.78. The van der Waals surface area contributed by atoms with Crippen LogP contribution in [0, 0.1) is 0 Å². The van der Waals surface area contributed by atoms with Gasteiger partial charge in [-0.15, -0.1) is 0 Å². The Kier molecular flexibility index (Phi) is 5.61. The van der Waals surface area contributed by atoms with Crippen LogP contribution in [0.25, 0.3) is 10.9 Å². The van der Waals surface area contributed by atoms with Crippen LogP contribution in [-0.2, 0) is 16.0 Å². The van der Waals surface area contributed by atoms with Gasteiger partial charge in [-0.25, -0.2) is 4.79 Å². The van der Waals surface area contributed by atoms with E-state index < -0.39 is 17.9 Å². The van der Waals surface area contributed by atoms with E-state index in [0.717, 1.165) is 16.5 Å². The second-order valence-electron chi connectivity index (χ2n) is 5.99. The summed E-state index contributed by atoms with van der Waals surface area (Å²) < 4.78 is 10.4. The second kappa shape index (κ2) is 8.27. The lowest BCUT2D eigenvalue weighted by Gasteiger charge is -2.15. The summed E-state index contributed by atoms with van der Waals surface area (Å²) in [7, 11) is 1.56. The Morgan fingerprint density at radius 1 is 1.11 bits per heavy atom. The number of carboxylic acid groups (broad SMARTS) is 1. The lowest BCUT2D eigenvalue weighted by Crippen LogP contribution is -2.44. The van der Waals surface area contributed by atoms with Gasteiger partial charge in [0.15, 0.2) is 6.61 Å². The molecule has 7 heteroatoms. The second-order valence-corrected chi connectivity index (χ2v) is 5.99. The predicted molar refractivity (Wildman–Crippen MR) is 100 cm³/mol. The van der Waals surface area contributed by atoms with E-state index in [-0.39, 0.29) is 13.0 Å². The van der Waals surface area contributed by atoms with Crippen molar-refractivity contribution in [2.45, 2.75) is 12.5 Å². The molecule has 0 aliphatic carbocycles. The summed E-state index contributed by atoms with van der Waals surface area (Å²) in [6.45, 7) is -0.274. The van der Waals surface area contributed by atoms with E-state index in [1.54, 1.807) is 37.6 Å². The molecule has 140 valence electrons. The summed E-state index contributed by atoms with van der Waals surface area (Å²) in [6, 6.07) is 13.3. The maximum Gasteiger partial charge on any atom is 0.326 e. The first kappa shape index (κ1) is 18.3. The van der Waals surface area contributed by atoms with Gasteiger partial charge in [-0.05, 0) is 35.9 Å². The van der Waals surface area contributed by atoms with Crippen LogP contribution in [0.3, 0.4) is 0 Å². The number of aromatic nitrogens is 1. The smallest absolute Gasteiger partial charge is 0.326 e. The Hall–Kier alpha value is -3.48. The molecule has 2 aromatic carbocycles. The van der Waals surface area contributed by atoms with E-state index >= 15 is 0 Å². The number of carbonyl (C=O) groups is 2. The number of rotatable bonds is 8. The fraction of sp³-hybridized carbons (Fsp3) is 0.200. The van der Waals surface area contributed by atoms with Gasteiger partial charge in [-0.2, -0.15) is 0 Å². The predicted octanol–water partition coefficient (Wildman–Crippen LogP) is 2.37. The van der Waals surface area contributed by atoms with Crippen LogP contribution in [0.2, 0.25) is 0 Å². The molecule has 0 fully saturated rings. The highest BCUT2D eigenvalue weighted by atomic mass is 16.5. The van der Waals surface area contributed by atoms with Crippen LogP contribution in [0.4, 0.5) is 0 Å². The van der Waals surface area contributed by atoms with Crippen molar-refractivity contribution >= 4 is 22.8 Å². The van der Waals surface area contributed by atoms with E-state index in [4.69, 9.17) is 9.47 Å². The maximum atomic E-state index is 12.1. The zero-order valence-corrected chi connectivity index (χ0v) is 14.8. The third-order valence-electron chi connectivity index (χ3n) is 4.16. The number of hydrogen-bond acceptors (Lipinski definition) is 4. The van der Waals surface area contributed by atoms with Gasteiger partial charge in [0, 0.05) is 23.5 Å². The molecule has 0 aliphatic heterocycles. The van der Waals surface area contributed by atoms with Crippen molar-refractivity contribution < 1.29 is 24.2 Å². The minimum absolute atomic E-state index is 0.174. The number of benzene rings is 2. The van der Waals surface area contributed by atoms with Crippen LogP contribution < -0.4 is 14.8 Å². The van der Waals surface area contributed by atoms with E-state index in [9.17, 15) is 14.7 Å². The number of aliphatic carboxylic acids is 1. The van der Waals surface area contributed by atoms with Gasteiger partial charge < -0.3 is 24.9 Å². The number of nitrogens with one attached hydrogen (secondary N) is 2. The van der Waals surface area contributed by atoms with Gasteiger partial charge in [-0.3, -0.25) is 4.79 Å². The Bertz CT molecular complexity index is 933. The Balaban J connectivity index is 1.60. The fourth-order valence-corrected chi connectivity index (χ4v) is 2.78. The minimum Gasteiger partial charge on any atom is -0.497 e. The molecule has 7 nitrogen and oxygen atoms in total. The molecule has 3 rings (SSSR count). The average molecular weight is 368 g/mol. The monoisotopic (exact) mass is 368 g/mol. The van der Waals surface area contributed by atoms with E-state index in [1.165, 1.54) is 0 Å². The standard InChI is InChI=1S/C20H20N2O5/c1-26-14-6-8-15(9-7-14)27-12-19(23)22-18(20(24)25)10-13-11-21-17-5-3-2-4-16(13)17/h2-9,11,18,21H,10,12H2,1H3,(H,22,23)(H,24,25)/t18-/m0/s1. The number of ether oxygens (including phenoxy) is 2. The highest BCUT2D eigenvalue weighted by Crippen LogP contribution is 2.19. The molecular weight excluding hydrogens is 348 g/mol. The Morgan fingerprint density at radius 2 is 1.81 bits per heavy atom. The number of fused-ring (bicyclic) bond motifs is 1. The van der Waals surface area contributed by atoms with Crippen LogP contribution in [-0.4, -0.2) is 41.7 Å². The van der Waals surface area contributed by atoms with Gasteiger partial charge in [0.05, 0.1) is 7.11 Å². The lowest BCUT2D eigenvalue weighted by molar-refractivity contribution is -0.142. The van der Waals surface area contributed by atoms with Crippen molar-refractivity contribution in [3.8, 4) is 11.5 Å². The molecule has 0 aliphatic rings. The zero-order chi connectivity index (χ0) is 19.2. The van der Waals surface area contributed by atoms with Crippen molar-refractivity contribution in [3.05, 3.63) is 60.3 Å². The molecule has 0 unspecified atom stereocenters. The molecule has 0 bridgehead atoms. The van der Waals surface area contributed by atoms with Crippen molar-refractivity contribution in [3.63, 3.8) is 0 Å². The summed E-state index contributed by atoms with van der Waals surface area (Å²) in [5, 5.41) is 12.9. The van der Waals surface area contributed by atoms with Crippen molar-refractivity contribution in [1.82, 2.24) is 10.3 Å². The topological polar surface area (TPSA) is 101 Å². The first-order valence-electron chi connectivity index (χ1n) is 8.41. The molecule has 0 radical (unpaired) electrons. The third kappa shape index (κ3) is 4.58. The molecule has 1 atom stereocenters. The van der Waals surface area contributed by atoms with Gasteiger partial charge in [0.1, 0.15) is 17.5 Å². The highest BCUT2D eigenvalue weighted by Gasteiger charge is 2.22. The number of carbonyl (C=O) groups excluding carboxylic acids is 1. The summed E-state index contributed by atoms with van der Waals surface area (Å²) in [4.78, 5) is 26.8. The largest absolute Gasteiger partial charge is 0.497 e. The minimum atomic E-state index is -1.10. The number of carboxylic acids is 1. The van der Waals surface area contributed by atoms with Gasteiger partial charge in [-0.1, -0.05) is 18.2 Å². The molecule has 0 saturated heterocycles. The van der Waals surface area contributed by atoms with E-state index in [2.05, 4.69) is 10.3 Å². The van der Waals surface area contributed by atoms with Crippen LogP contribution in [0.5, 0.6) is 11.5 Å². The number of methoxy groups -OCH3 is 1. The molecule has 27 heavy (non-hydrogen) atoms. The van der Waals surface area contributed by atoms with Crippen LogP contribution >= 0.6 is 0 Å². The molecular formula is C20H20N2O5. The van der Waals surface area contributed by atoms with Crippen LogP contribution in [0.15, 0.2) is 54.7 Å². The first-order chi connectivity index (χ1) is 13.1. The molecule has 3 aromatic rings. The number of aromatic amines is 1. The van der Waals surface area contributed by atoms with Crippen molar-refractivity contribution in [2.75, 3.05) is 13.7 Å². The van der Waals surface area contributed by atoms with E-state index in [0.29, 0.717) is 11.5 Å². The average Bonchev–Trinajstić information content (AvgIpc) is 3.09. The highest BCUT2D eigenvalue weighted by molar-refractivity contribution is 5.87. The molecule has 0 saturated carbocycles. The number of H-pyrrole nitrogens is 1. The quantitative estimate of drug-likeness (QED) is 0.567. The van der Waals surface area contributed by atoms with Gasteiger partial charge >= 0.3 is 5.97 Å². The normalized spacial score (nSPS) is 11.7. The van der Waals surface area contributed by atoms with Gasteiger partial charge in [0.2, 0.25) is 0 Å². The molecule has 1 aromatic heterocycles. The third-order valence-corrected chi connectivity index (χ3v) is 4.16. The molecule has 3 N–H and O–H groups in total. The van der Waals surface area contributed by atoms with Crippen molar-refractivity contribution in [1.29, 1.82) is 0 Å². The maximum absolute atomic E-state index is 12.1. The first-order valence-corrected chi connectivity index (χ1v) is 8.41. The summed E-state index contributed by atoms with van der Waals surface area (Å²) in [5.41, 5.74) is 1.75. The van der Waals surface area contributed by atoms with E-state index in [1.807, 2.05) is 24.3 Å².